The molecule has 1 aliphatic carbocycles. The van der Waals surface area contributed by atoms with Gasteiger partial charge in [0.15, 0.2) is 0 Å². The lowest BCUT2D eigenvalue weighted by molar-refractivity contribution is -0.118. The summed E-state index contributed by atoms with van der Waals surface area (Å²) >= 11 is 9.55. The van der Waals surface area contributed by atoms with E-state index in [9.17, 15) is 0 Å². The molecule has 0 heterocycles. The number of hydrogen-bond acceptors (Lipinski definition) is 3. The molecule has 2 rings (SSSR count). The summed E-state index contributed by atoms with van der Waals surface area (Å²) in [5, 5.41) is 4.14. The second-order valence-electron chi connectivity index (χ2n) is 4.28. The van der Waals surface area contributed by atoms with Crippen LogP contribution in [0.5, 0.6) is 0 Å². The van der Waals surface area contributed by atoms with Crippen LogP contribution < -0.4 is 5.32 Å². The summed E-state index contributed by atoms with van der Waals surface area (Å²) in [5.41, 5.74) is 0.990. The third-order valence-corrected chi connectivity index (χ3v) is 4.59. The van der Waals surface area contributed by atoms with Crippen molar-refractivity contribution >= 4 is 33.2 Å². The molecule has 1 fully saturated rings. The van der Waals surface area contributed by atoms with Gasteiger partial charge in [0.2, 0.25) is 0 Å². The molecule has 1 N–H and O–H groups in total. The summed E-state index contributed by atoms with van der Waals surface area (Å²) in [7, 11) is 1.72. The third kappa shape index (κ3) is 2.82. The molecule has 0 saturated heterocycles. The topological polar surface area (TPSA) is 30.5 Å². The predicted octanol–water partition coefficient (Wildman–Crippen LogP) is 3.71. The molecule has 3 nitrogen and oxygen atoms in total. The van der Waals surface area contributed by atoms with E-state index in [4.69, 9.17) is 21.1 Å². The van der Waals surface area contributed by atoms with Crippen LogP contribution in [0.2, 0.25) is 5.02 Å². The number of halogens is 2. The van der Waals surface area contributed by atoms with Gasteiger partial charge in [-0.05, 0) is 41.4 Å². The molecule has 0 aliphatic heterocycles. The number of anilines is 1. The zero-order valence-corrected chi connectivity index (χ0v) is 12.8. The van der Waals surface area contributed by atoms with Gasteiger partial charge in [-0.3, -0.25) is 0 Å². The number of ether oxygens (including phenoxy) is 2. The third-order valence-electron chi connectivity index (χ3n) is 3.19. The van der Waals surface area contributed by atoms with E-state index in [-0.39, 0.29) is 18.2 Å². The lowest BCUT2D eigenvalue weighted by atomic mass is 9.85. The number of methoxy groups -OCH3 is 1. The van der Waals surface area contributed by atoms with Crippen LogP contribution in [-0.4, -0.2) is 32.0 Å². The molecule has 0 bridgehead atoms. The van der Waals surface area contributed by atoms with E-state index in [0.717, 1.165) is 23.2 Å². The van der Waals surface area contributed by atoms with Gasteiger partial charge in [-0.25, -0.2) is 0 Å². The average Bonchev–Trinajstić information content (AvgIpc) is 2.33. The Morgan fingerprint density at radius 1 is 1.50 bits per heavy atom. The second kappa shape index (κ2) is 6.24. The Hall–Kier alpha value is -0.290. The molecule has 1 aromatic rings. The van der Waals surface area contributed by atoms with Gasteiger partial charge in [-0.1, -0.05) is 17.7 Å². The van der Waals surface area contributed by atoms with Crippen molar-refractivity contribution < 1.29 is 9.47 Å². The smallest absolute Gasteiger partial charge is 0.103 e. The largest absolute Gasteiger partial charge is 0.379 e. The Morgan fingerprint density at radius 3 is 2.94 bits per heavy atom. The van der Waals surface area contributed by atoms with Crippen molar-refractivity contribution in [2.45, 2.75) is 31.6 Å². The Bertz CT molecular complexity index is 416. The number of benzene rings is 1. The number of hydrogen-bond donors (Lipinski definition) is 1. The summed E-state index contributed by atoms with van der Waals surface area (Å²) in [5.74, 6) is 0. The summed E-state index contributed by atoms with van der Waals surface area (Å²) in [6.45, 7) is 2.72. The first-order valence-corrected chi connectivity index (χ1v) is 7.19. The van der Waals surface area contributed by atoms with Gasteiger partial charge in [0.05, 0.1) is 27.3 Å². The maximum Gasteiger partial charge on any atom is 0.103 e. The van der Waals surface area contributed by atoms with E-state index < -0.39 is 0 Å². The fourth-order valence-corrected chi connectivity index (χ4v) is 2.78. The maximum absolute atomic E-state index is 6.06. The van der Waals surface area contributed by atoms with Gasteiger partial charge in [-0.15, -0.1) is 0 Å². The lowest BCUT2D eigenvalue weighted by Crippen LogP contribution is -2.56. The second-order valence-corrected chi connectivity index (χ2v) is 5.48. The predicted molar refractivity (Wildman–Crippen MR) is 77.4 cm³/mol. The minimum atomic E-state index is 0.0934. The fourth-order valence-electron chi connectivity index (χ4n) is 2.23. The quantitative estimate of drug-likeness (QED) is 0.890. The van der Waals surface area contributed by atoms with Crippen molar-refractivity contribution in [3.63, 3.8) is 0 Å². The first-order chi connectivity index (χ1) is 8.67. The number of rotatable bonds is 5. The minimum absolute atomic E-state index is 0.0934. The lowest BCUT2D eigenvalue weighted by Gasteiger charge is -2.43. The van der Waals surface area contributed by atoms with Crippen molar-refractivity contribution in [1.29, 1.82) is 0 Å². The van der Waals surface area contributed by atoms with Crippen LogP contribution in [0.25, 0.3) is 0 Å². The van der Waals surface area contributed by atoms with Gasteiger partial charge in [-0.2, -0.15) is 0 Å². The molecule has 18 heavy (non-hydrogen) atoms. The Morgan fingerprint density at radius 2 is 2.28 bits per heavy atom. The monoisotopic (exact) mass is 333 g/mol. The van der Waals surface area contributed by atoms with Crippen molar-refractivity contribution in [3.05, 3.63) is 27.7 Å². The van der Waals surface area contributed by atoms with E-state index in [2.05, 4.69) is 21.2 Å². The van der Waals surface area contributed by atoms with Gasteiger partial charge in [0.1, 0.15) is 6.10 Å². The van der Waals surface area contributed by atoms with Crippen LogP contribution in [0.1, 0.15) is 13.3 Å². The van der Waals surface area contributed by atoms with Gasteiger partial charge in [0.25, 0.3) is 0 Å². The summed E-state index contributed by atoms with van der Waals surface area (Å²) in [6, 6.07) is 6.04. The first kappa shape index (κ1) is 14.1. The molecular weight excluding hydrogens is 318 g/mol. The molecule has 3 atom stereocenters. The molecule has 1 aromatic carbocycles. The molecule has 100 valence electrons. The highest BCUT2D eigenvalue weighted by Gasteiger charge is 2.42. The van der Waals surface area contributed by atoms with Crippen LogP contribution in [-0.2, 0) is 9.47 Å². The molecule has 5 heteroatoms. The van der Waals surface area contributed by atoms with Crippen LogP contribution in [0.4, 0.5) is 5.69 Å². The minimum Gasteiger partial charge on any atom is -0.379 e. The van der Waals surface area contributed by atoms with Crippen LogP contribution in [0, 0.1) is 0 Å². The zero-order chi connectivity index (χ0) is 13.1. The van der Waals surface area contributed by atoms with Crippen LogP contribution >= 0.6 is 27.5 Å². The van der Waals surface area contributed by atoms with E-state index >= 15 is 0 Å². The Labute approximate surface area is 121 Å². The highest BCUT2D eigenvalue weighted by atomic mass is 79.9. The summed E-state index contributed by atoms with van der Waals surface area (Å²) in [6.07, 6.45) is 1.23. The van der Waals surface area contributed by atoms with E-state index in [1.54, 1.807) is 7.11 Å². The van der Waals surface area contributed by atoms with E-state index in [1.807, 2.05) is 25.1 Å². The van der Waals surface area contributed by atoms with Crippen molar-refractivity contribution in [1.82, 2.24) is 0 Å². The van der Waals surface area contributed by atoms with E-state index in [1.165, 1.54) is 0 Å². The number of nitrogens with one attached hydrogen (secondary N) is 1. The zero-order valence-electron chi connectivity index (χ0n) is 10.5. The SMILES string of the molecule is CCOC1CC(Nc2cccc(Cl)c2Br)C1OC. The maximum atomic E-state index is 6.06. The fraction of sp³-hybridized carbons (Fsp3) is 0.538. The molecule has 1 saturated carbocycles. The Balaban J connectivity index is 2.00. The normalized spacial score (nSPS) is 26.8. The summed E-state index contributed by atoms with van der Waals surface area (Å²) in [4.78, 5) is 0. The van der Waals surface area contributed by atoms with Crippen molar-refractivity contribution in [3.8, 4) is 0 Å². The van der Waals surface area contributed by atoms with Crippen LogP contribution in [0.15, 0.2) is 22.7 Å². The molecule has 3 unspecified atom stereocenters. The molecule has 0 amide bonds. The average molecular weight is 335 g/mol. The van der Waals surface area contributed by atoms with Gasteiger partial charge in [0, 0.05) is 13.7 Å². The molecule has 0 radical (unpaired) electrons. The van der Waals surface area contributed by atoms with Crippen molar-refractivity contribution in [2.24, 2.45) is 0 Å². The van der Waals surface area contributed by atoms with E-state index in [0.29, 0.717) is 5.02 Å². The summed E-state index contributed by atoms with van der Waals surface area (Å²) < 4.78 is 12.0. The first-order valence-electron chi connectivity index (χ1n) is 6.02. The standard InChI is InChI=1S/C13H17BrClNO2/c1-3-18-11-7-10(13(11)17-2)16-9-6-4-5-8(15)12(9)14/h4-6,10-11,13,16H,3,7H2,1-2H3. The van der Waals surface area contributed by atoms with Gasteiger partial charge >= 0.3 is 0 Å². The molecule has 1 aliphatic rings. The van der Waals surface area contributed by atoms with Crippen molar-refractivity contribution in [2.75, 3.05) is 19.0 Å². The highest BCUT2D eigenvalue weighted by molar-refractivity contribution is 9.10. The van der Waals surface area contributed by atoms with Gasteiger partial charge < -0.3 is 14.8 Å². The molecule has 0 spiro atoms. The highest BCUT2D eigenvalue weighted by Crippen LogP contribution is 2.35. The molecule has 0 aromatic heterocycles. The Kier molecular flexibility index (Phi) is 4.90. The van der Waals surface area contributed by atoms with Crippen LogP contribution in [0.3, 0.4) is 0 Å². The molecular formula is C13H17BrClNO2.